The number of pyridine rings is 1. The summed E-state index contributed by atoms with van der Waals surface area (Å²) in [5.74, 6) is 1.25. The Kier molecular flexibility index (Phi) is 3.37. The topological polar surface area (TPSA) is 24.9 Å². The van der Waals surface area contributed by atoms with Crippen molar-refractivity contribution in [3.8, 4) is 0 Å². The molecule has 1 atom stereocenters. The van der Waals surface area contributed by atoms with Gasteiger partial charge in [-0.2, -0.15) is 0 Å². The molecule has 1 saturated heterocycles. The summed E-state index contributed by atoms with van der Waals surface area (Å²) in [5, 5.41) is 3.45. The summed E-state index contributed by atoms with van der Waals surface area (Å²) < 4.78 is 0. The summed E-state index contributed by atoms with van der Waals surface area (Å²) in [6.07, 6.45) is 6.61. The van der Waals surface area contributed by atoms with Gasteiger partial charge in [-0.05, 0) is 42.3 Å². The molecule has 0 aromatic carbocycles. The lowest BCUT2D eigenvalue weighted by atomic mass is 9.91. The van der Waals surface area contributed by atoms with Crippen molar-refractivity contribution in [3.63, 3.8) is 0 Å². The van der Waals surface area contributed by atoms with E-state index in [1.165, 1.54) is 30.5 Å². The first kappa shape index (κ1) is 10.6. The summed E-state index contributed by atoms with van der Waals surface area (Å²) in [6, 6.07) is 2.33. The van der Waals surface area contributed by atoms with Crippen LogP contribution in [0.5, 0.6) is 0 Å². The number of aromatic nitrogens is 1. The average Bonchev–Trinajstić information content (AvgIpc) is 2.30. The van der Waals surface area contributed by atoms with E-state index in [0.717, 1.165) is 6.54 Å². The van der Waals surface area contributed by atoms with E-state index in [9.17, 15) is 0 Å². The van der Waals surface area contributed by atoms with Crippen LogP contribution >= 0.6 is 0 Å². The fraction of sp³-hybridized carbons (Fsp3) is 0.615. The molecule has 1 aromatic heterocycles. The van der Waals surface area contributed by atoms with Crippen LogP contribution in [0.25, 0.3) is 0 Å². The second-order valence-electron chi connectivity index (χ2n) is 4.75. The molecule has 1 aliphatic rings. The molecular weight excluding hydrogens is 184 g/mol. The maximum absolute atomic E-state index is 4.35. The molecule has 2 nitrogen and oxygen atoms in total. The number of hydrogen-bond donors (Lipinski definition) is 1. The molecule has 0 spiro atoms. The molecule has 2 heteroatoms. The standard InChI is InChI=1S/C13H20N2/c1-10(2)12-6-13(9-15-8-12)11-4-3-5-14-7-11/h6,8-11,14H,3-5,7H2,1-2H3. The molecule has 0 amide bonds. The van der Waals surface area contributed by atoms with Crippen molar-refractivity contribution in [2.75, 3.05) is 13.1 Å². The molecule has 1 aliphatic heterocycles. The smallest absolute Gasteiger partial charge is 0.0303 e. The van der Waals surface area contributed by atoms with Gasteiger partial charge in [0.1, 0.15) is 0 Å². The van der Waals surface area contributed by atoms with E-state index in [1.54, 1.807) is 0 Å². The lowest BCUT2D eigenvalue weighted by molar-refractivity contribution is 0.460. The molecule has 1 unspecified atom stereocenters. The molecule has 2 rings (SSSR count). The number of nitrogens with one attached hydrogen (secondary N) is 1. The molecule has 82 valence electrons. The maximum atomic E-state index is 4.35. The van der Waals surface area contributed by atoms with Crippen LogP contribution in [0.3, 0.4) is 0 Å². The zero-order valence-electron chi connectivity index (χ0n) is 9.66. The zero-order chi connectivity index (χ0) is 10.7. The van der Waals surface area contributed by atoms with Crippen molar-refractivity contribution < 1.29 is 0 Å². The first-order valence-corrected chi connectivity index (χ1v) is 5.93. The van der Waals surface area contributed by atoms with Crippen molar-refractivity contribution in [2.24, 2.45) is 0 Å². The van der Waals surface area contributed by atoms with E-state index in [4.69, 9.17) is 0 Å². The van der Waals surface area contributed by atoms with Crippen LogP contribution in [0.2, 0.25) is 0 Å². The van der Waals surface area contributed by atoms with Crippen LogP contribution in [-0.4, -0.2) is 18.1 Å². The van der Waals surface area contributed by atoms with Crippen LogP contribution < -0.4 is 5.32 Å². The van der Waals surface area contributed by atoms with E-state index in [-0.39, 0.29) is 0 Å². The molecule has 0 radical (unpaired) electrons. The minimum atomic E-state index is 0.578. The van der Waals surface area contributed by atoms with Crippen molar-refractivity contribution in [1.29, 1.82) is 0 Å². The average molecular weight is 204 g/mol. The highest BCUT2D eigenvalue weighted by molar-refractivity contribution is 5.24. The molecule has 0 saturated carbocycles. The van der Waals surface area contributed by atoms with Crippen LogP contribution in [0.1, 0.15) is 49.7 Å². The third-order valence-corrected chi connectivity index (χ3v) is 3.22. The predicted molar refractivity (Wildman–Crippen MR) is 63.2 cm³/mol. The number of nitrogens with zero attached hydrogens (tertiary/aromatic N) is 1. The van der Waals surface area contributed by atoms with Crippen molar-refractivity contribution in [3.05, 3.63) is 29.6 Å². The van der Waals surface area contributed by atoms with E-state index >= 15 is 0 Å². The minimum absolute atomic E-state index is 0.578. The van der Waals surface area contributed by atoms with Crippen LogP contribution in [0.4, 0.5) is 0 Å². The number of rotatable bonds is 2. The molecule has 1 N–H and O–H groups in total. The van der Waals surface area contributed by atoms with E-state index in [2.05, 4.69) is 30.2 Å². The Labute approximate surface area is 92.1 Å². The normalized spacial score (nSPS) is 21.9. The van der Waals surface area contributed by atoms with Gasteiger partial charge in [-0.3, -0.25) is 4.98 Å². The number of hydrogen-bond acceptors (Lipinski definition) is 2. The van der Waals surface area contributed by atoms with E-state index in [1.807, 2.05) is 12.4 Å². The lowest BCUT2D eigenvalue weighted by Crippen LogP contribution is -2.28. The van der Waals surface area contributed by atoms with Gasteiger partial charge >= 0.3 is 0 Å². The molecule has 2 heterocycles. The largest absolute Gasteiger partial charge is 0.316 e. The zero-order valence-corrected chi connectivity index (χ0v) is 9.66. The highest BCUT2D eigenvalue weighted by atomic mass is 14.9. The van der Waals surface area contributed by atoms with Gasteiger partial charge in [-0.15, -0.1) is 0 Å². The van der Waals surface area contributed by atoms with E-state index in [0.29, 0.717) is 11.8 Å². The van der Waals surface area contributed by atoms with Crippen molar-refractivity contribution >= 4 is 0 Å². The summed E-state index contributed by atoms with van der Waals surface area (Å²) in [6.45, 7) is 6.73. The second kappa shape index (κ2) is 4.75. The quantitative estimate of drug-likeness (QED) is 0.801. The summed E-state index contributed by atoms with van der Waals surface area (Å²) in [5.41, 5.74) is 2.77. The summed E-state index contributed by atoms with van der Waals surface area (Å²) in [4.78, 5) is 4.35. The third-order valence-electron chi connectivity index (χ3n) is 3.22. The first-order chi connectivity index (χ1) is 7.27. The van der Waals surface area contributed by atoms with Gasteiger partial charge in [-0.25, -0.2) is 0 Å². The number of piperidine rings is 1. The maximum Gasteiger partial charge on any atom is 0.0303 e. The van der Waals surface area contributed by atoms with Gasteiger partial charge < -0.3 is 5.32 Å². The van der Waals surface area contributed by atoms with Gasteiger partial charge in [0.25, 0.3) is 0 Å². The van der Waals surface area contributed by atoms with Gasteiger partial charge in [-0.1, -0.05) is 19.9 Å². The molecular formula is C13H20N2. The molecule has 0 bridgehead atoms. The molecule has 1 aromatic rings. The minimum Gasteiger partial charge on any atom is -0.316 e. The Morgan fingerprint density at radius 3 is 2.93 bits per heavy atom. The molecule has 15 heavy (non-hydrogen) atoms. The Balaban J connectivity index is 2.16. The second-order valence-corrected chi connectivity index (χ2v) is 4.75. The lowest BCUT2D eigenvalue weighted by Gasteiger charge is -2.23. The van der Waals surface area contributed by atoms with Gasteiger partial charge in [0.2, 0.25) is 0 Å². The summed E-state index contributed by atoms with van der Waals surface area (Å²) in [7, 11) is 0. The Hall–Kier alpha value is -0.890. The fourth-order valence-corrected chi connectivity index (χ4v) is 2.15. The van der Waals surface area contributed by atoms with Gasteiger partial charge in [0.05, 0.1) is 0 Å². The Morgan fingerprint density at radius 1 is 1.40 bits per heavy atom. The van der Waals surface area contributed by atoms with Crippen LogP contribution in [-0.2, 0) is 0 Å². The summed E-state index contributed by atoms with van der Waals surface area (Å²) >= 11 is 0. The Morgan fingerprint density at radius 2 is 2.27 bits per heavy atom. The van der Waals surface area contributed by atoms with Crippen LogP contribution in [0, 0.1) is 0 Å². The molecule has 0 aliphatic carbocycles. The predicted octanol–water partition coefficient (Wildman–Crippen LogP) is 2.67. The van der Waals surface area contributed by atoms with Crippen molar-refractivity contribution in [1.82, 2.24) is 10.3 Å². The van der Waals surface area contributed by atoms with Crippen LogP contribution in [0.15, 0.2) is 18.5 Å². The highest BCUT2D eigenvalue weighted by Gasteiger charge is 2.15. The van der Waals surface area contributed by atoms with E-state index < -0.39 is 0 Å². The van der Waals surface area contributed by atoms with Gasteiger partial charge in [0.15, 0.2) is 0 Å². The van der Waals surface area contributed by atoms with Gasteiger partial charge in [0, 0.05) is 18.9 Å². The monoisotopic (exact) mass is 204 g/mol. The highest BCUT2D eigenvalue weighted by Crippen LogP contribution is 2.24. The first-order valence-electron chi connectivity index (χ1n) is 5.93. The fourth-order valence-electron chi connectivity index (χ4n) is 2.15. The molecule has 1 fully saturated rings. The SMILES string of the molecule is CC(C)c1cncc(C2CCCNC2)c1. The Bertz CT molecular complexity index is 314. The van der Waals surface area contributed by atoms with Crippen molar-refractivity contribution in [2.45, 2.75) is 38.5 Å². The third kappa shape index (κ3) is 2.57.